The summed E-state index contributed by atoms with van der Waals surface area (Å²) in [5, 5.41) is 3.46. The first kappa shape index (κ1) is 17.5. The summed E-state index contributed by atoms with van der Waals surface area (Å²) >= 11 is 0. The van der Waals surface area contributed by atoms with Gasteiger partial charge in [0.2, 0.25) is 5.91 Å². The van der Waals surface area contributed by atoms with E-state index in [4.69, 9.17) is 14.9 Å². The maximum absolute atomic E-state index is 12.7. The average molecular weight is 352 g/mol. The van der Waals surface area contributed by atoms with E-state index in [1.54, 1.807) is 32.2 Å². The second-order valence-corrected chi connectivity index (χ2v) is 6.04. The second kappa shape index (κ2) is 7.31. The van der Waals surface area contributed by atoms with Crippen molar-refractivity contribution in [3.05, 3.63) is 65.4 Å². The maximum atomic E-state index is 12.7. The fourth-order valence-corrected chi connectivity index (χ4v) is 2.84. The van der Waals surface area contributed by atoms with Gasteiger partial charge in [-0.25, -0.2) is 0 Å². The maximum Gasteiger partial charge on any atom is 0.287 e. The average Bonchev–Trinajstić information content (AvgIpc) is 2.98. The highest BCUT2D eigenvalue weighted by Gasteiger charge is 2.24. The second-order valence-electron chi connectivity index (χ2n) is 6.04. The molecule has 0 saturated carbocycles. The molecule has 6 heteroatoms. The fraction of sp³-hybridized carbons (Fsp3) is 0.200. The van der Waals surface area contributed by atoms with Gasteiger partial charge >= 0.3 is 0 Å². The van der Waals surface area contributed by atoms with Crippen LogP contribution in [0.25, 0.3) is 11.0 Å². The van der Waals surface area contributed by atoms with Crippen LogP contribution in [0.5, 0.6) is 5.75 Å². The summed E-state index contributed by atoms with van der Waals surface area (Å²) < 4.78 is 10.9. The van der Waals surface area contributed by atoms with E-state index in [2.05, 4.69) is 5.32 Å². The third-order valence-corrected chi connectivity index (χ3v) is 4.28. The summed E-state index contributed by atoms with van der Waals surface area (Å²) in [6, 6.07) is 13.8. The predicted octanol–water partition coefficient (Wildman–Crippen LogP) is 2.58. The van der Waals surface area contributed by atoms with Crippen molar-refractivity contribution in [3.8, 4) is 5.75 Å². The molecule has 2 aromatic carbocycles. The number of hydrogen-bond donors (Lipinski definition) is 2. The van der Waals surface area contributed by atoms with Crippen molar-refractivity contribution in [2.75, 3.05) is 7.11 Å². The number of hydrogen-bond acceptors (Lipinski definition) is 4. The van der Waals surface area contributed by atoms with E-state index in [0.29, 0.717) is 23.3 Å². The Balaban J connectivity index is 1.84. The molecule has 2 amide bonds. The zero-order valence-corrected chi connectivity index (χ0v) is 14.6. The summed E-state index contributed by atoms with van der Waals surface area (Å²) in [4.78, 5) is 24.4. The van der Waals surface area contributed by atoms with Crippen molar-refractivity contribution in [1.82, 2.24) is 5.32 Å². The molecule has 0 aliphatic carbocycles. The van der Waals surface area contributed by atoms with Crippen LogP contribution in [0.3, 0.4) is 0 Å². The van der Waals surface area contributed by atoms with E-state index < -0.39 is 17.9 Å². The van der Waals surface area contributed by atoms with E-state index in [-0.39, 0.29) is 5.76 Å². The Labute approximate surface area is 150 Å². The van der Waals surface area contributed by atoms with E-state index in [1.165, 1.54) is 0 Å². The highest BCUT2D eigenvalue weighted by molar-refractivity contribution is 6.01. The molecule has 3 rings (SSSR count). The zero-order chi connectivity index (χ0) is 18.7. The molecule has 1 atom stereocenters. The van der Waals surface area contributed by atoms with Gasteiger partial charge in [0.1, 0.15) is 17.4 Å². The molecule has 0 fully saturated rings. The standard InChI is InChI=1S/C20H20N2O4/c1-12-15-11-14(25-2)8-9-17(15)26-18(12)20(24)22-16(19(21)23)10-13-6-4-3-5-7-13/h3-9,11,16H,10H2,1-2H3,(H2,21,23)(H,22,24)/t16-/m0/s1. The van der Waals surface area contributed by atoms with Crippen molar-refractivity contribution in [3.63, 3.8) is 0 Å². The third kappa shape index (κ3) is 3.54. The molecule has 0 aliphatic rings. The molecule has 0 bridgehead atoms. The number of furan rings is 1. The molecular weight excluding hydrogens is 332 g/mol. The summed E-state index contributed by atoms with van der Waals surface area (Å²) in [5.74, 6) is -0.241. The number of benzene rings is 2. The minimum absolute atomic E-state index is 0.160. The minimum Gasteiger partial charge on any atom is -0.497 e. The number of nitrogens with one attached hydrogen (secondary N) is 1. The van der Waals surface area contributed by atoms with Gasteiger partial charge in [0.15, 0.2) is 5.76 Å². The topological polar surface area (TPSA) is 94.6 Å². The first-order valence-electron chi connectivity index (χ1n) is 8.21. The molecule has 0 saturated heterocycles. The fourth-order valence-electron chi connectivity index (χ4n) is 2.84. The lowest BCUT2D eigenvalue weighted by Crippen LogP contribution is -2.45. The Morgan fingerprint density at radius 3 is 2.58 bits per heavy atom. The number of carbonyl (C=O) groups excluding carboxylic acids is 2. The number of fused-ring (bicyclic) bond motifs is 1. The van der Waals surface area contributed by atoms with Crippen molar-refractivity contribution in [2.24, 2.45) is 5.73 Å². The Morgan fingerprint density at radius 2 is 1.92 bits per heavy atom. The van der Waals surface area contributed by atoms with Crippen LogP contribution in [-0.2, 0) is 11.2 Å². The number of rotatable bonds is 6. The third-order valence-electron chi connectivity index (χ3n) is 4.28. The summed E-state index contributed by atoms with van der Waals surface area (Å²) in [6.07, 6.45) is 0.314. The van der Waals surface area contributed by atoms with Gasteiger partial charge in [-0.2, -0.15) is 0 Å². The lowest BCUT2D eigenvalue weighted by molar-refractivity contribution is -0.119. The predicted molar refractivity (Wildman–Crippen MR) is 98.1 cm³/mol. The number of primary amides is 1. The molecule has 6 nitrogen and oxygen atoms in total. The number of methoxy groups -OCH3 is 1. The molecule has 0 spiro atoms. The van der Waals surface area contributed by atoms with E-state index in [9.17, 15) is 9.59 Å². The number of aryl methyl sites for hydroxylation is 1. The summed E-state index contributed by atoms with van der Waals surface area (Å²) in [5.41, 5.74) is 7.62. The Bertz CT molecular complexity index is 947. The van der Waals surface area contributed by atoms with Crippen LogP contribution in [0.1, 0.15) is 21.7 Å². The first-order chi connectivity index (χ1) is 12.5. The van der Waals surface area contributed by atoms with E-state index in [1.807, 2.05) is 30.3 Å². The molecule has 0 unspecified atom stereocenters. The molecule has 0 aliphatic heterocycles. The molecule has 134 valence electrons. The number of nitrogens with two attached hydrogens (primary N) is 1. The first-order valence-corrected chi connectivity index (χ1v) is 8.21. The van der Waals surface area contributed by atoms with Gasteiger partial charge in [-0.1, -0.05) is 30.3 Å². The van der Waals surface area contributed by atoms with Crippen LogP contribution < -0.4 is 15.8 Å². The Kier molecular flexibility index (Phi) is 4.93. The van der Waals surface area contributed by atoms with Crippen molar-refractivity contribution >= 4 is 22.8 Å². The summed E-state index contributed by atoms with van der Waals surface area (Å²) in [6.45, 7) is 1.79. The van der Waals surface area contributed by atoms with Crippen LogP contribution in [0, 0.1) is 6.92 Å². The quantitative estimate of drug-likeness (QED) is 0.713. The number of carbonyl (C=O) groups is 2. The van der Waals surface area contributed by atoms with Gasteiger partial charge in [-0.05, 0) is 30.7 Å². The van der Waals surface area contributed by atoms with Crippen molar-refractivity contribution < 1.29 is 18.7 Å². The van der Waals surface area contributed by atoms with Crippen LogP contribution in [-0.4, -0.2) is 25.0 Å². The van der Waals surface area contributed by atoms with Crippen LogP contribution >= 0.6 is 0 Å². The number of amides is 2. The highest BCUT2D eigenvalue weighted by atomic mass is 16.5. The lowest BCUT2D eigenvalue weighted by Gasteiger charge is -2.15. The Hall–Kier alpha value is -3.28. The van der Waals surface area contributed by atoms with Crippen LogP contribution in [0.15, 0.2) is 52.9 Å². The van der Waals surface area contributed by atoms with Gasteiger partial charge in [-0.15, -0.1) is 0 Å². The van der Waals surface area contributed by atoms with Crippen LogP contribution in [0.4, 0.5) is 0 Å². The van der Waals surface area contributed by atoms with Crippen molar-refractivity contribution in [2.45, 2.75) is 19.4 Å². The monoisotopic (exact) mass is 352 g/mol. The van der Waals surface area contributed by atoms with Gasteiger partial charge < -0.3 is 20.2 Å². The zero-order valence-electron chi connectivity index (χ0n) is 14.6. The molecule has 0 radical (unpaired) electrons. The van der Waals surface area contributed by atoms with Gasteiger partial charge in [0.05, 0.1) is 7.11 Å². The smallest absolute Gasteiger partial charge is 0.287 e. The largest absolute Gasteiger partial charge is 0.497 e. The van der Waals surface area contributed by atoms with Gasteiger partial charge in [-0.3, -0.25) is 9.59 Å². The van der Waals surface area contributed by atoms with Crippen molar-refractivity contribution in [1.29, 1.82) is 0 Å². The SMILES string of the molecule is COc1ccc2oc(C(=O)N[C@@H](Cc3ccccc3)C(N)=O)c(C)c2c1. The molecule has 3 aromatic rings. The highest BCUT2D eigenvalue weighted by Crippen LogP contribution is 2.28. The van der Waals surface area contributed by atoms with Gasteiger partial charge in [0.25, 0.3) is 5.91 Å². The molecule has 26 heavy (non-hydrogen) atoms. The minimum atomic E-state index is -0.827. The van der Waals surface area contributed by atoms with Crippen LogP contribution in [0.2, 0.25) is 0 Å². The summed E-state index contributed by atoms with van der Waals surface area (Å²) in [7, 11) is 1.57. The molecular formula is C20H20N2O4. The van der Waals surface area contributed by atoms with E-state index in [0.717, 1.165) is 10.9 Å². The normalized spacial score (nSPS) is 11.9. The Morgan fingerprint density at radius 1 is 1.19 bits per heavy atom. The van der Waals surface area contributed by atoms with Gasteiger partial charge in [0, 0.05) is 17.4 Å². The lowest BCUT2D eigenvalue weighted by atomic mass is 10.1. The number of ether oxygens (including phenoxy) is 1. The van der Waals surface area contributed by atoms with E-state index >= 15 is 0 Å². The molecule has 1 heterocycles. The molecule has 1 aromatic heterocycles. The molecule has 3 N–H and O–H groups in total.